The number of hydrogen-bond acceptors (Lipinski definition) is 7. The molecule has 0 aliphatic carbocycles. The third-order valence-electron chi connectivity index (χ3n) is 5.56. The number of fused-ring (bicyclic) bond motifs is 2. The standard InChI is InChI=1S/C22H25F2NO4.H2O4S/c23-15-3-7-19-13(9-15)1-5-21(28-19)17(26)11-25-12-18(27)22-6-2-14-10-16(24)4-8-20(14)29-22;1-5(2,3)4/h3-4,7-10,17-18,21-22,25-27H,1-2,5-6,11-12H2;(H2,1,2,3,4)/t17-,18-,21-,22+;/m1./s1. The van der Waals surface area contributed by atoms with Gasteiger partial charge in [0.15, 0.2) is 0 Å². The molecule has 0 spiro atoms. The summed E-state index contributed by atoms with van der Waals surface area (Å²) in [6.07, 6.45) is 0.214. The summed E-state index contributed by atoms with van der Waals surface area (Å²) in [4.78, 5) is 0. The molecule has 2 heterocycles. The molecule has 0 fully saturated rings. The highest BCUT2D eigenvalue weighted by Gasteiger charge is 2.29. The number of halogens is 2. The molecular formula is C22H27F2NO8S. The van der Waals surface area contributed by atoms with Crippen LogP contribution >= 0.6 is 0 Å². The highest BCUT2D eigenvalue weighted by Crippen LogP contribution is 2.30. The fourth-order valence-electron chi connectivity index (χ4n) is 3.94. The third kappa shape index (κ3) is 7.86. The van der Waals surface area contributed by atoms with Crippen molar-refractivity contribution in [3.8, 4) is 11.5 Å². The Morgan fingerprint density at radius 2 is 1.24 bits per heavy atom. The van der Waals surface area contributed by atoms with Crippen molar-refractivity contribution in [1.29, 1.82) is 0 Å². The Morgan fingerprint density at radius 3 is 1.62 bits per heavy atom. The van der Waals surface area contributed by atoms with Crippen molar-refractivity contribution >= 4 is 10.4 Å². The topological polar surface area (TPSA) is 146 Å². The molecule has 0 radical (unpaired) electrons. The maximum absolute atomic E-state index is 13.3. The van der Waals surface area contributed by atoms with Crippen molar-refractivity contribution in [1.82, 2.24) is 5.32 Å². The van der Waals surface area contributed by atoms with Crippen LogP contribution in [0.1, 0.15) is 24.0 Å². The Morgan fingerprint density at radius 1 is 0.853 bits per heavy atom. The van der Waals surface area contributed by atoms with Gasteiger partial charge in [0.1, 0.15) is 47.5 Å². The molecule has 5 N–H and O–H groups in total. The Bertz CT molecular complexity index is 1010. The van der Waals surface area contributed by atoms with Crippen LogP contribution in [0.5, 0.6) is 11.5 Å². The minimum Gasteiger partial charge on any atom is -0.487 e. The van der Waals surface area contributed by atoms with E-state index in [0.29, 0.717) is 37.2 Å². The first-order valence-electron chi connectivity index (χ1n) is 10.7. The molecule has 4 rings (SSSR count). The molecule has 12 heteroatoms. The number of hydrogen-bond donors (Lipinski definition) is 5. The van der Waals surface area contributed by atoms with E-state index in [1.807, 2.05) is 0 Å². The lowest BCUT2D eigenvalue weighted by molar-refractivity contribution is 0.00892. The molecule has 2 aliphatic rings. The number of benzene rings is 2. The summed E-state index contributed by atoms with van der Waals surface area (Å²) in [6.45, 7) is 0.513. The van der Waals surface area contributed by atoms with Gasteiger partial charge < -0.3 is 25.0 Å². The first-order valence-corrected chi connectivity index (χ1v) is 12.1. The number of aryl methyl sites for hydroxylation is 2. The van der Waals surface area contributed by atoms with E-state index in [1.54, 1.807) is 12.1 Å². The first kappa shape index (κ1) is 26.3. The van der Waals surface area contributed by atoms with Gasteiger partial charge in [-0.3, -0.25) is 9.11 Å². The summed E-state index contributed by atoms with van der Waals surface area (Å²) in [5.41, 5.74) is 1.62. The summed E-state index contributed by atoms with van der Waals surface area (Å²) in [5.74, 6) is 0.624. The summed E-state index contributed by atoms with van der Waals surface area (Å²) in [5, 5.41) is 23.9. The van der Waals surface area contributed by atoms with Gasteiger partial charge in [0.2, 0.25) is 0 Å². The average Bonchev–Trinajstić information content (AvgIpc) is 2.77. The van der Waals surface area contributed by atoms with Gasteiger partial charge in [0.25, 0.3) is 0 Å². The normalized spacial score (nSPS) is 21.0. The van der Waals surface area contributed by atoms with Crippen LogP contribution in [-0.4, -0.2) is 65.2 Å². The summed E-state index contributed by atoms with van der Waals surface area (Å²) < 4.78 is 69.7. The zero-order valence-corrected chi connectivity index (χ0v) is 18.9. The summed E-state index contributed by atoms with van der Waals surface area (Å²) in [6, 6.07) is 8.79. The molecule has 9 nitrogen and oxygen atoms in total. The van der Waals surface area contributed by atoms with Crippen LogP contribution < -0.4 is 14.8 Å². The maximum Gasteiger partial charge on any atom is 0.394 e. The number of nitrogens with one attached hydrogen (secondary N) is 1. The van der Waals surface area contributed by atoms with Crippen LogP contribution in [-0.2, 0) is 23.2 Å². The molecule has 2 aliphatic heterocycles. The fraction of sp³-hybridized carbons (Fsp3) is 0.455. The monoisotopic (exact) mass is 503 g/mol. The van der Waals surface area contributed by atoms with E-state index < -0.39 is 22.6 Å². The molecule has 188 valence electrons. The lowest BCUT2D eigenvalue weighted by Gasteiger charge is -2.31. The maximum atomic E-state index is 13.3. The molecule has 4 atom stereocenters. The smallest absolute Gasteiger partial charge is 0.394 e. The van der Waals surface area contributed by atoms with Crippen LogP contribution in [0.25, 0.3) is 0 Å². The second-order valence-electron chi connectivity index (χ2n) is 8.13. The first-order chi connectivity index (χ1) is 16.0. The van der Waals surface area contributed by atoms with Crippen LogP contribution in [0.2, 0.25) is 0 Å². The molecule has 0 saturated carbocycles. The van der Waals surface area contributed by atoms with E-state index in [-0.39, 0.29) is 36.9 Å². The van der Waals surface area contributed by atoms with Crippen molar-refractivity contribution < 1.29 is 46.0 Å². The quantitative estimate of drug-likeness (QED) is 0.372. The second kappa shape index (κ2) is 11.4. The largest absolute Gasteiger partial charge is 0.487 e. The van der Waals surface area contributed by atoms with E-state index in [9.17, 15) is 19.0 Å². The van der Waals surface area contributed by atoms with E-state index in [1.165, 1.54) is 24.3 Å². The van der Waals surface area contributed by atoms with E-state index in [4.69, 9.17) is 27.0 Å². The van der Waals surface area contributed by atoms with Gasteiger partial charge in [-0.2, -0.15) is 8.42 Å². The zero-order chi connectivity index (χ0) is 24.9. The fourth-order valence-corrected chi connectivity index (χ4v) is 3.94. The van der Waals surface area contributed by atoms with Crippen molar-refractivity contribution in [2.75, 3.05) is 13.1 Å². The average molecular weight is 504 g/mol. The molecule has 34 heavy (non-hydrogen) atoms. The molecule has 2 aromatic carbocycles. The van der Waals surface area contributed by atoms with Gasteiger partial charge in [-0.15, -0.1) is 0 Å². The third-order valence-corrected chi connectivity index (χ3v) is 5.56. The van der Waals surface area contributed by atoms with Crippen molar-refractivity contribution in [2.24, 2.45) is 0 Å². The van der Waals surface area contributed by atoms with Crippen LogP contribution in [0.3, 0.4) is 0 Å². The van der Waals surface area contributed by atoms with Crippen LogP contribution in [0, 0.1) is 11.6 Å². The predicted molar refractivity (Wildman–Crippen MR) is 117 cm³/mol. The zero-order valence-electron chi connectivity index (χ0n) is 18.1. The highest BCUT2D eigenvalue weighted by atomic mass is 32.3. The Balaban J connectivity index is 0.000000588. The van der Waals surface area contributed by atoms with Gasteiger partial charge in [-0.25, -0.2) is 8.78 Å². The molecule has 0 aromatic heterocycles. The Kier molecular flexibility index (Phi) is 8.79. The van der Waals surface area contributed by atoms with Gasteiger partial charge in [-0.1, -0.05) is 0 Å². The number of ether oxygens (including phenoxy) is 2. The highest BCUT2D eigenvalue weighted by molar-refractivity contribution is 7.79. The molecular weight excluding hydrogens is 476 g/mol. The summed E-state index contributed by atoms with van der Waals surface area (Å²) >= 11 is 0. The molecule has 0 unspecified atom stereocenters. The molecule has 2 aromatic rings. The minimum absolute atomic E-state index is 0.257. The SMILES string of the molecule is O=S(=O)(O)O.O[C@H](CNC[C@@H](O)[C@H]1CCc2cc(F)ccc2O1)[C@@H]1CCc2cc(F)ccc2O1. The van der Waals surface area contributed by atoms with E-state index in [2.05, 4.69) is 5.32 Å². The predicted octanol–water partition coefficient (Wildman–Crippen LogP) is 1.71. The number of aliphatic hydroxyl groups is 2. The summed E-state index contributed by atoms with van der Waals surface area (Å²) in [7, 11) is -4.67. The number of aliphatic hydroxyl groups excluding tert-OH is 2. The van der Waals surface area contributed by atoms with Crippen molar-refractivity contribution in [3.63, 3.8) is 0 Å². The van der Waals surface area contributed by atoms with Gasteiger partial charge in [0, 0.05) is 13.1 Å². The lowest BCUT2D eigenvalue weighted by Crippen LogP contribution is -2.46. The van der Waals surface area contributed by atoms with Crippen LogP contribution in [0.4, 0.5) is 8.78 Å². The molecule has 0 bridgehead atoms. The van der Waals surface area contributed by atoms with Gasteiger partial charge >= 0.3 is 10.4 Å². The molecule has 0 amide bonds. The molecule has 0 saturated heterocycles. The second-order valence-corrected chi connectivity index (χ2v) is 9.03. The van der Waals surface area contributed by atoms with Gasteiger partial charge in [0.05, 0.1) is 0 Å². The lowest BCUT2D eigenvalue weighted by atomic mass is 9.98. The van der Waals surface area contributed by atoms with E-state index >= 15 is 0 Å². The Hall–Kier alpha value is -2.35. The Labute approximate surface area is 195 Å². The van der Waals surface area contributed by atoms with E-state index in [0.717, 1.165) is 11.1 Å². The van der Waals surface area contributed by atoms with Crippen LogP contribution in [0.15, 0.2) is 36.4 Å². The number of rotatable bonds is 6. The van der Waals surface area contributed by atoms with Crippen molar-refractivity contribution in [3.05, 3.63) is 59.2 Å². The minimum atomic E-state index is -4.67. The van der Waals surface area contributed by atoms with Gasteiger partial charge in [-0.05, 0) is 73.2 Å². The van der Waals surface area contributed by atoms with Crippen molar-refractivity contribution in [2.45, 2.75) is 50.1 Å².